The minimum Gasteiger partial charge on any atom is -0.311 e. The normalized spacial score (nSPS) is 11.7. The van der Waals surface area contributed by atoms with Gasteiger partial charge in [0.15, 0.2) is 0 Å². The fraction of sp³-hybridized carbons (Fsp3) is 0. The molecule has 0 atom stereocenters. The number of fused-ring (bicyclic) bond motifs is 9. The number of benzene rings is 11. The summed E-state index contributed by atoms with van der Waals surface area (Å²) in [4.78, 5) is 2.37. The predicted octanol–water partition coefficient (Wildman–Crippen LogP) is 17.9. The average molecular weight is 845 g/mol. The molecule has 0 N–H and O–H groups in total. The van der Waals surface area contributed by atoms with E-state index in [1.54, 1.807) is 0 Å². The van der Waals surface area contributed by atoms with Crippen LogP contribution in [0.25, 0.3) is 103 Å². The molecule has 0 unspecified atom stereocenters. The molecular weight excluding hydrogens is 805 g/mol. The molecule has 0 saturated carbocycles. The Morgan fingerprint density at radius 2 is 0.831 bits per heavy atom. The zero-order valence-corrected chi connectivity index (χ0v) is 36.2. The summed E-state index contributed by atoms with van der Waals surface area (Å²) in [5.74, 6) is 0. The fourth-order valence-electron chi connectivity index (χ4n) is 10.0. The maximum atomic E-state index is 2.44. The highest BCUT2D eigenvalue weighted by Gasteiger charge is 2.18. The van der Waals surface area contributed by atoms with Crippen molar-refractivity contribution in [2.45, 2.75) is 0 Å². The second kappa shape index (κ2) is 15.2. The van der Waals surface area contributed by atoms with E-state index in [1.165, 1.54) is 96.9 Å². The van der Waals surface area contributed by atoms with Crippen LogP contribution in [0.1, 0.15) is 0 Å². The average Bonchev–Trinajstić information content (AvgIpc) is 3.93. The molecule has 11 aromatic carbocycles. The smallest absolute Gasteiger partial charge is 0.0619 e. The van der Waals surface area contributed by atoms with E-state index in [-0.39, 0.29) is 0 Å². The molecule has 3 heteroatoms. The van der Waals surface area contributed by atoms with Gasteiger partial charge in [0.2, 0.25) is 0 Å². The first-order valence-electron chi connectivity index (χ1n) is 22.2. The summed E-state index contributed by atoms with van der Waals surface area (Å²) in [5, 5.41) is 10.1. The van der Waals surface area contributed by atoms with E-state index in [0.29, 0.717) is 0 Å². The SMILES string of the molecule is c1ccc(-n2c3cc(-c4ccc(N(c5ccc(-c6ccc7sc8ccccc8c7c6)cc5)c5ccc(-c6cccc7ccccc67)cc5)cc4)ccc3c3ccc4ccccc4c32)cc1. The van der Waals surface area contributed by atoms with Crippen LogP contribution in [0, 0.1) is 0 Å². The molecule has 0 aliphatic carbocycles. The lowest BCUT2D eigenvalue weighted by atomic mass is 9.98. The third-order valence-electron chi connectivity index (χ3n) is 13.2. The van der Waals surface area contributed by atoms with E-state index in [1.807, 2.05) is 11.3 Å². The van der Waals surface area contributed by atoms with Crippen LogP contribution >= 0.6 is 11.3 Å². The third kappa shape index (κ3) is 6.31. The summed E-state index contributed by atoms with van der Waals surface area (Å²) in [6, 6.07) is 88.9. The largest absolute Gasteiger partial charge is 0.311 e. The Balaban J connectivity index is 0.906. The molecule has 0 bridgehead atoms. The van der Waals surface area contributed by atoms with Gasteiger partial charge >= 0.3 is 0 Å². The van der Waals surface area contributed by atoms with Crippen molar-refractivity contribution in [3.63, 3.8) is 0 Å². The topological polar surface area (TPSA) is 8.17 Å². The number of para-hydroxylation sites is 1. The quantitative estimate of drug-likeness (QED) is 0.155. The molecule has 2 nitrogen and oxygen atoms in total. The van der Waals surface area contributed by atoms with Gasteiger partial charge in [-0.25, -0.2) is 0 Å². The summed E-state index contributed by atoms with van der Waals surface area (Å²) in [6.45, 7) is 0. The first-order valence-corrected chi connectivity index (χ1v) is 23.1. The highest BCUT2D eigenvalue weighted by Crippen LogP contribution is 2.42. The van der Waals surface area contributed by atoms with Gasteiger partial charge in [0, 0.05) is 59.1 Å². The first-order chi connectivity index (χ1) is 32.2. The molecule has 0 radical (unpaired) electrons. The van der Waals surface area contributed by atoms with Crippen LogP contribution < -0.4 is 4.90 Å². The third-order valence-corrected chi connectivity index (χ3v) is 14.3. The van der Waals surface area contributed by atoms with Crippen molar-refractivity contribution >= 4 is 91.9 Å². The minimum atomic E-state index is 1.09. The van der Waals surface area contributed by atoms with Crippen molar-refractivity contribution in [2.75, 3.05) is 4.90 Å². The molecule has 0 spiro atoms. The lowest BCUT2D eigenvalue weighted by Crippen LogP contribution is -2.09. The van der Waals surface area contributed by atoms with E-state index in [4.69, 9.17) is 0 Å². The lowest BCUT2D eigenvalue weighted by molar-refractivity contribution is 1.19. The second-order valence-corrected chi connectivity index (χ2v) is 18.0. The van der Waals surface area contributed by atoms with Crippen LogP contribution in [0.4, 0.5) is 17.1 Å². The Hall–Kier alpha value is -8.24. The van der Waals surface area contributed by atoms with Gasteiger partial charge in [-0.05, 0) is 122 Å². The molecular formula is C62H40N2S. The number of thiophene rings is 1. The zero-order valence-electron chi connectivity index (χ0n) is 35.4. The Bertz CT molecular complexity index is 3910. The number of anilines is 3. The molecule has 2 heterocycles. The van der Waals surface area contributed by atoms with Crippen LogP contribution in [0.15, 0.2) is 243 Å². The highest BCUT2D eigenvalue weighted by molar-refractivity contribution is 7.25. The van der Waals surface area contributed by atoms with Gasteiger partial charge in [-0.1, -0.05) is 170 Å². The van der Waals surface area contributed by atoms with Crippen molar-refractivity contribution < 1.29 is 0 Å². The maximum Gasteiger partial charge on any atom is 0.0619 e. The standard InChI is InChI=1S/C62H40N2S/c1-2-14-48(15-3-1)64-59-40-47(28-36-55(59)57-37-27-44-12-5-7-17-54(44)62(57)64)42-23-32-50(33-24-42)63(51-34-25-45(26-35-51)53-19-10-13-43-11-4-6-16-52(43)53)49-30-21-41(22-31-49)46-29-38-61-58(39-46)56-18-8-9-20-60(56)65-61/h1-40H. The number of aromatic nitrogens is 1. The first kappa shape index (κ1) is 37.3. The number of hydrogen-bond donors (Lipinski definition) is 0. The molecule has 2 aromatic heterocycles. The summed E-state index contributed by atoms with van der Waals surface area (Å²) < 4.78 is 5.09. The molecule has 0 fully saturated rings. The molecule has 13 aromatic rings. The maximum absolute atomic E-state index is 2.44. The van der Waals surface area contributed by atoms with Gasteiger partial charge in [-0.15, -0.1) is 11.3 Å². The van der Waals surface area contributed by atoms with Gasteiger partial charge in [-0.3, -0.25) is 0 Å². The number of hydrogen-bond acceptors (Lipinski definition) is 2. The fourth-order valence-corrected chi connectivity index (χ4v) is 11.1. The zero-order chi connectivity index (χ0) is 42.8. The molecule has 0 aliphatic heterocycles. The van der Waals surface area contributed by atoms with Crippen molar-refractivity contribution in [3.8, 4) is 39.1 Å². The molecule has 0 aliphatic rings. The predicted molar refractivity (Wildman–Crippen MR) is 280 cm³/mol. The van der Waals surface area contributed by atoms with Crippen molar-refractivity contribution in [1.29, 1.82) is 0 Å². The number of nitrogens with zero attached hydrogens (tertiary/aromatic N) is 2. The van der Waals surface area contributed by atoms with Crippen LogP contribution in [-0.2, 0) is 0 Å². The summed E-state index contributed by atoms with van der Waals surface area (Å²) in [5.41, 5.74) is 14.1. The molecule has 0 saturated heterocycles. The van der Waals surface area contributed by atoms with Crippen LogP contribution in [0.2, 0.25) is 0 Å². The van der Waals surface area contributed by atoms with Gasteiger partial charge in [0.1, 0.15) is 0 Å². The summed E-state index contributed by atoms with van der Waals surface area (Å²) in [6.07, 6.45) is 0. The molecule has 304 valence electrons. The Kier molecular flexibility index (Phi) is 8.75. The van der Waals surface area contributed by atoms with Crippen molar-refractivity contribution in [1.82, 2.24) is 4.57 Å². The van der Waals surface area contributed by atoms with E-state index >= 15 is 0 Å². The Morgan fingerprint density at radius 3 is 1.55 bits per heavy atom. The van der Waals surface area contributed by atoms with Crippen molar-refractivity contribution in [2.24, 2.45) is 0 Å². The minimum absolute atomic E-state index is 1.09. The summed E-state index contributed by atoms with van der Waals surface area (Å²) in [7, 11) is 0. The van der Waals surface area contributed by atoms with Crippen molar-refractivity contribution in [3.05, 3.63) is 243 Å². The molecule has 65 heavy (non-hydrogen) atoms. The van der Waals surface area contributed by atoms with Gasteiger partial charge in [0.05, 0.1) is 11.0 Å². The monoisotopic (exact) mass is 844 g/mol. The van der Waals surface area contributed by atoms with Crippen LogP contribution in [0.3, 0.4) is 0 Å². The van der Waals surface area contributed by atoms with E-state index < -0.39 is 0 Å². The van der Waals surface area contributed by atoms with E-state index in [0.717, 1.165) is 22.7 Å². The molecule has 13 rings (SSSR count). The van der Waals surface area contributed by atoms with Gasteiger partial charge in [-0.2, -0.15) is 0 Å². The van der Waals surface area contributed by atoms with Gasteiger partial charge < -0.3 is 9.47 Å². The Morgan fingerprint density at radius 1 is 0.308 bits per heavy atom. The lowest BCUT2D eigenvalue weighted by Gasteiger charge is -2.26. The second-order valence-electron chi connectivity index (χ2n) is 16.9. The van der Waals surface area contributed by atoms with E-state index in [2.05, 4.69) is 252 Å². The molecule has 0 amide bonds. The van der Waals surface area contributed by atoms with E-state index in [9.17, 15) is 0 Å². The Labute approximate surface area is 381 Å². The van der Waals surface area contributed by atoms with Gasteiger partial charge in [0.25, 0.3) is 0 Å². The van der Waals surface area contributed by atoms with Crippen LogP contribution in [-0.4, -0.2) is 4.57 Å². The summed E-state index contributed by atoms with van der Waals surface area (Å²) >= 11 is 1.86. The van der Waals surface area contributed by atoms with Crippen LogP contribution in [0.5, 0.6) is 0 Å². The highest BCUT2D eigenvalue weighted by atomic mass is 32.1. The number of rotatable bonds is 7.